The molecule has 0 aliphatic heterocycles. The van der Waals surface area contributed by atoms with Crippen molar-refractivity contribution in [2.24, 2.45) is 0 Å². The molecule has 15 heavy (non-hydrogen) atoms. The Bertz CT molecular complexity index is 323. The molecule has 0 amide bonds. The number of pyridine rings is 1. The molecule has 0 aliphatic rings. The molecule has 0 unspecified atom stereocenters. The van der Waals surface area contributed by atoms with Crippen LogP contribution < -0.4 is 5.32 Å². The highest BCUT2D eigenvalue weighted by molar-refractivity contribution is 5.49. The summed E-state index contributed by atoms with van der Waals surface area (Å²) in [6.07, 6.45) is 4.31. The highest BCUT2D eigenvalue weighted by Gasteiger charge is 2.02. The third-order valence-corrected chi connectivity index (χ3v) is 2.41. The first-order valence-corrected chi connectivity index (χ1v) is 5.42. The molecule has 1 heterocycles. The summed E-state index contributed by atoms with van der Waals surface area (Å²) in [6, 6.07) is 4.15. The zero-order valence-corrected chi connectivity index (χ0v) is 9.42. The first-order chi connectivity index (χ1) is 7.31. The second-order valence-corrected chi connectivity index (χ2v) is 3.47. The molecule has 0 aromatic carbocycles. The van der Waals surface area contributed by atoms with Crippen LogP contribution in [0.3, 0.4) is 0 Å². The maximum Gasteiger partial charge on any atom is 0.129 e. The van der Waals surface area contributed by atoms with Gasteiger partial charge in [-0.2, -0.15) is 0 Å². The van der Waals surface area contributed by atoms with Gasteiger partial charge in [0.15, 0.2) is 0 Å². The van der Waals surface area contributed by atoms with Gasteiger partial charge in [-0.15, -0.1) is 0 Å². The second-order valence-electron chi connectivity index (χ2n) is 3.47. The number of carbonyl (C=O) groups is 1. The van der Waals surface area contributed by atoms with Crippen LogP contribution in [0.25, 0.3) is 0 Å². The molecule has 0 saturated heterocycles. The molecule has 1 rings (SSSR count). The van der Waals surface area contributed by atoms with Crippen LogP contribution in [0.5, 0.6) is 0 Å². The molecule has 3 nitrogen and oxygen atoms in total. The molecule has 1 aromatic heterocycles. The summed E-state index contributed by atoms with van der Waals surface area (Å²) in [5.74, 6) is 0.959. The topological polar surface area (TPSA) is 42.0 Å². The normalized spacial score (nSPS) is 10.0. The summed E-state index contributed by atoms with van der Waals surface area (Å²) in [5.41, 5.74) is 2.29. The van der Waals surface area contributed by atoms with Crippen LogP contribution in [-0.4, -0.2) is 18.3 Å². The van der Waals surface area contributed by atoms with Crippen LogP contribution in [0.4, 0.5) is 5.82 Å². The molecule has 0 radical (unpaired) electrons. The van der Waals surface area contributed by atoms with E-state index in [1.54, 1.807) is 0 Å². The lowest BCUT2D eigenvalue weighted by Crippen LogP contribution is -2.01. The number of carbonyl (C=O) groups excluding carboxylic acids is 1. The lowest BCUT2D eigenvalue weighted by Gasteiger charge is -2.08. The summed E-state index contributed by atoms with van der Waals surface area (Å²) in [5, 5.41) is 3.10. The standard InChI is InChI=1S/C12H18N2O/c1-3-10-7-8-11(6-4-5-9-15)14-12(10)13-2/h7-9H,3-6H2,1-2H3,(H,13,14). The average molecular weight is 206 g/mol. The summed E-state index contributed by atoms with van der Waals surface area (Å²) in [4.78, 5) is 14.7. The van der Waals surface area contributed by atoms with E-state index in [4.69, 9.17) is 0 Å². The smallest absolute Gasteiger partial charge is 0.129 e. The van der Waals surface area contributed by atoms with Crippen LogP contribution in [0.15, 0.2) is 12.1 Å². The maximum absolute atomic E-state index is 10.2. The van der Waals surface area contributed by atoms with Gasteiger partial charge in [-0.1, -0.05) is 13.0 Å². The molecule has 1 aromatic rings. The fraction of sp³-hybridized carbons (Fsp3) is 0.500. The van der Waals surface area contributed by atoms with Crippen molar-refractivity contribution in [1.29, 1.82) is 0 Å². The number of aryl methyl sites for hydroxylation is 2. The molecular weight excluding hydrogens is 188 g/mol. The minimum atomic E-state index is 0.617. The molecule has 3 heteroatoms. The summed E-state index contributed by atoms with van der Waals surface area (Å²) in [6.45, 7) is 2.11. The molecule has 1 N–H and O–H groups in total. The third-order valence-electron chi connectivity index (χ3n) is 2.41. The molecule has 0 fully saturated rings. The number of unbranched alkanes of at least 4 members (excludes halogenated alkanes) is 1. The predicted octanol–water partition coefficient (Wildman–Crippen LogP) is 2.21. The Labute approximate surface area is 90.9 Å². The van der Waals surface area contributed by atoms with Crippen molar-refractivity contribution in [2.75, 3.05) is 12.4 Å². The zero-order valence-electron chi connectivity index (χ0n) is 9.42. The van der Waals surface area contributed by atoms with Crippen molar-refractivity contribution >= 4 is 12.1 Å². The van der Waals surface area contributed by atoms with Crippen LogP contribution in [0.1, 0.15) is 31.0 Å². The molecule has 82 valence electrons. The van der Waals surface area contributed by atoms with Crippen molar-refractivity contribution in [3.05, 3.63) is 23.4 Å². The Kier molecular flexibility index (Phi) is 4.81. The largest absolute Gasteiger partial charge is 0.373 e. The van der Waals surface area contributed by atoms with Crippen molar-refractivity contribution in [1.82, 2.24) is 4.98 Å². The highest BCUT2D eigenvalue weighted by Crippen LogP contribution is 2.14. The SMILES string of the molecule is CCc1ccc(CCCC=O)nc1NC. The number of aldehydes is 1. The Hall–Kier alpha value is -1.38. The highest BCUT2D eigenvalue weighted by atomic mass is 16.1. The zero-order chi connectivity index (χ0) is 11.1. The first-order valence-electron chi connectivity index (χ1n) is 5.42. The van der Waals surface area contributed by atoms with E-state index < -0.39 is 0 Å². The number of aromatic nitrogens is 1. The molecular formula is C12H18N2O. The lowest BCUT2D eigenvalue weighted by molar-refractivity contribution is -0.107. The van der Waals surface area contributed by atoms with Gasteiger partial charge in [-0.05, 0) is 30.9 Å². The van der Waals surface area contributed by atoms with E-state index >= 15 is 0 Å². The second kappa shape index (κ2) is 6.17. The number of nitrogens with one attached hydrogen (secondary N) is 1. The number of hydrogen-bond donors (Lipinski definition) is 1. The van der Waals surface area contributed by atoms with Gasteiger partial charge in [0.1, 0.15) is 12.1 Å². The van der Waals surface area contributed by atoms with Crippen LogP contribution in [-0.2, 0) is 17.6 Å². The summed E-state index contributed by atoms with van der Waals surface area (Å²) >= 11 is 0. The van der Waals surface area contributed by atoms with Gasteiger partial charge in [0.2, 0.25) is 0 Å². The number of nitrogens with zero attached hydrogens (tertiary/aromatic N) is 1. The molecule has 0 atom stereocenters. The monoisotopic (exact) mass is 206 g/mol. The maximum atomic E-state index is 10.2. The molecule has 0 aliphatic carbocycles. The fourth-order valence-electron chi connectivity index (χ4n) is 1.54. The number of anilines is 1. The van der Waals surface area contributed by atoms with E-state index in [1.165, 1.54) is 5.56 Å². The fourth-order valence-corrected chi connectivity index (χ4v) is 1.54. The third kappa shape index (κ3) is 3.35. The Morgan fingerprint density at radius 2 is 2.27 bits per heavy atom. The van der Waals surface area contributed by atoms with Crippen molar-refractivity contribution in [2.45, 2.75) is 32.6 Å². The van der Waals surface area contributed by atoms with Crippen LogP contribution >= 0.6 is 0 Å². The lowest BCUT2D eigenvalue weighted by atomic mass is 10.1. The van der Waals surface area contributed by atoms with E-state index in [0.29, 0.717) is 6.42 Å². The minimum Gasteiger partial charge on any atom is -0.373 e. The van der Waals surface area contributed by atoms with Crippen molar-refractivity contribution in [3.63, 3.8) is 0 Å². The molecule has 0 bridgehead atoms. The Morgan fingerprint density at radius 1 is 1.47 bits per heavy atom. The van der Waals surface area contributed by atoms with E-state index in [1.807, 2.05) is 13.1 Å². The van der Waals surface area contributed by atoms with Crippen LogP contribution in [0, 0.1) is 0 Å². The molecule has 0 saturated carbocycles. The Balaban J connectivity index is 2.69. The quantitative estimate of drug-likeness (QED) is 0.573. The van der Waals surface area contributed by atoms with Gasteiger partial charge in [-0.25, -0.2) is 4.98 Å². The first kappa shape index (κ1) is 11.7. The van der Waals surface area contributed by atoms with Crippen molar-refractivity contribution in [3.8, 4) is 0 Å². The van der Waals surface area contributed by atoms with Gasteiger partial charge in [0, 0.05) is 19.2 Å². The van der Waals surface area contributed by atoms with Gasteiger partial charge in [-0.3, -0.25) is 0 Å². The van der Waals surface area contributed by atoms with Crippen LogP contribution in [0.2, 0.25) is 0 Å². The van der Waals surface area contributed by atoms with E-state index in [2.05, 4.69) is 23.3 Å². The van der Waals surface area contributed by atoms with E-state index in [-0.39, 0.29) is 0 Å². The Morgan fingerprint density at radius 3 is 2.87 bits per heavy atom. The average Bonchev–Trinajstić information content (AvgIpc) is 2.29. The summed E-state index contributed by atoms with van der Waals surface area (Å²) < 4.78 is 0. The number of rotatable bonds is 6. The minimum absolute atomic E-state index is 0.617. The van der Waals surface area contributed by atoms with Crippen molar-refractivity contribution < 1.29 is 4.79 Å². The molecule has 0 spiro atoms. The number of hydrogen-bond acceptors (Lipinski definition) is 3. The van der Waals surface area contributed by atoms with E-state index in [9.17, 15) is 4.79 Å². The predicted molar refractivity (Wildman–Crippen MR) is 62.2 cm³/mol. The summed E-state index contributed by atoms with van der Waals surface area (Å²) in [7, 11) is 1.89. The van der Waals surface area contributed by atoms with E-state index in [0.717, 1.165) is 37.1 Å². The van der Waals surface area contributed by atoms with Gasteiger partial charge in [0.05, 0.1) is 0 Å². The van der Waals surface area contributed by atoms with Gasteiger partial charge < -0.3 is 10.1 Å². The van der Waals surface area contributed by atoms with Gasteiger partial charge >= 0.3 is 0 Å². The van der Waals surface area contributed by atoms with Gasteiger partial charge in [0.25, 0.3) is 0 Å².